The zero-order valence-corrected chi connectivity index (χ0v) is 21.4. The number of anilines is 1. The van der Waals surface area contributed by atoms with Crippen LogP contribution in [-0.4, -0.2) is 30.4 Å². The first-order chi connectivity index (χ1) is 17.0. The molecule has 184 valence electrons. The van der Waals surface area contributed by atoms with Crippen molar-refractivity contribution in [2.75, 3.05) is 25.0 Å². The van der Waals surface area contributed by atoms with Crippen LogP contribution in [0.2, 0.25) is 5.02 Å². The number of nitrogens with zero attached hydrogens (tertiary/aromatic N) is 1. The SMILES string of the molecule is CC(C)C(=O)Nc1cccc(C2CCN(CCC(Oc3ccccc3)c3ccc(Cl)cc3)CC2)c1. The van der Waals surface area contributed by atoms with Gasteiger partial charge in [0.15, 0.2) is 0 Å². The molecule has 1 atom stereocenters. The third-order valence-corrected chi connectivity index (χ3v) is 6.96. The van der Waals surface area contributed by atoms with Crippen molar-refractivity contribution >= 4 is 23.2 Å². The maximum atomic E-state index is 12.1. The lowest BCUT2D eigenvalue weighted by Gasteiger charge is -2.33. The first-order valence-electron chi connectivity index (χ1n) is 12.6. The number of ether oxygens (including phenoxy) is 1. The number of benzene rings is 3. The molecule has 35 heavy (non-hydrogen) atoms. The number of hydrogen-bond donors (Lipinski definition) is 1. The number of carbonyl (C=O) groups excluding carboxylic acids is 1. The van der Waals surface area contributed by atoms with Gasteiger partial charge >= 0.3 is 0 Å². The van der Waals surface area contributed by atoms with E-state index in [2.05, 4.69) is 40.5 Å². The van der Waals surface area contributed by atoms with E-state index in [9.17, 15) is 4.79 Å². The van der Waals surface area contributed by atoms with E-state index in [0.29, 0.717) is 5.92 Å². The normalized spacial score (nSPS) is 15.7. The van der Waals surface area contributed by atoms with Gasteiger partial charge in [0.25, 0.3) is 0 Å². The summed E-state index contributed by atoms with van der Waals surface area (Å²) in [7, 11) is 0. The lowest BCUT2D eigenvalue weighted by molar-refractivity contribution is -0.118. The van der Waals surface area contributed by atoms with E-state index in [4.69, 9.17) is 16.3 Å². The monoisotopic (exact) mass is 490 g/mol. The molecule has 0 saturated carbocycles. The first-order valence-corrected chi connectivity index (χ1v) is 13.0. The zero-order chi connectivity index (χ0) is 24.6. The van der Waals surface area contributed by atoms with Crippen LogP contribution in [0.15, 0.2) is 78.9 Å². The Morgan fingerprint density at radius 3 is 2.40 bits per heavy atom. The standard InChI is InChI=1S/C30H35ClN2O2/c1-22(2)30(34)32-27-8-6-7-25(21-27)23-15-18-33(19-16-23)20-17-29(24-11-13-26(31)14-12-24)35-28-9-4-3-5-10-28/h3-14,21-23,29H,15-20H2,1-2H3,(H,32,34). The highest BCUT2D eigenvalue weighted by molar-refractivity contribution is 6.30. The molecule has 1 unspecified atom stereocenters. The van der Waals surface area contributed by atoms with E-state index in [1.807, 2.05) is 62.4 Å². The van der Waals surface area contributed by atoms with E-state index in [0.717, 1.165) is 60.9 Å². The molecule has 3 aromatic rings. The van der Waals surface area contributed by atoms with Gasteiger partial charge in [0.2, 0.25) is 5.91 Å². The van der Waals surface area contributed by atoms with Gasteiger partial charge in [-0.1, -0.05) is 67.9 Å². The predicted octanol–water partition coefficient (Wildman–Crippen LogP) is 7.32. The highest BCUT2D eigenvalue weighted by Gasteiger charge is 2.23. The number of likely N-dealkylation sites (tertiary alicyclic amines) is 1. The van der Waals surface area contributed by atoms with Crippen LogP contribution < -0.4 is 10.1 Å². The number of halogens is 1. The molecule has 0 aliphatic carbocycles. The predicted molar refractivity (Wildman–Crippen MR) is 144 cm³/mol. The molecule has 1 saturated heterocycles. The summed E-state index contributed by atoms with van der Waals surface area (Å²) in [5.74, 6) is 1.44. The average molecular weight is 491 g/mol. The van der Waals surface area contributed by atoms with Gasteiger partial charge in [-0.2, -0.15) is 0 Å². The second-order valence-electron chi connectivity index (χ2n) is 9.65. The molecule has 0 radical (unpaired) electrons. The highest BCUT2D eigenvalue weighted by Crippen LogP contribution is 2.31. The number of hydrogen-bond acceptors (Lipinski definition) is 3. The summed E-state index contributed by atoms with van der Waals surface area (Å²) in [4.78, 5) is 14.6. The quantitative estimate of drug-likeness (QED) is 0.341. The van der Waals surface area contributed by atoms with Crippen molar-refractivity contribution in [1.29, 1.82) is 0 Å². The summed E-state index contributed by atoms with van der Waals surface area (Å²) in [5.41, 5.74) is 3.36. The van der Waals surface area contributed by atoms with Crippen LogP contribution in [0.1, 0.15) is 56.3 Å². The lowest BCUT2D eigenvalue weighted by atomic mass is 9.89. The largest absolute Gasteiger partial charge is 0.486 e. The van der Waals surface area contributed by atoms with Gasteiger partial charge in [0, 0.05) is 29.6 Å². The Balaban J connectivity index is 1.33. The van der Waals surface area contributed by atoms with Crippen LogP contribution in [0.25, 0.3) is 0 Å². The van der Waals surface area contributed by atoms with E-state index in [-0.39, 0.29) is 17.9 Å². The van der Waals surface area contributed by atoms with E-state index in [1.54, 1.807) is 0 Å². The lowest BCUT2D eigenvalue weighted by Crippen LogP contribution is -2.34. The maximum Gasteiger partial charge on any atom is 0.226 e. The minimum Gasteiger partial charge on any atom is -0.486 e. The molecule has 1 amide bonds. The third-order valence-electron chi connectivity index (χ3n) is 6.71. The summed E-state index contributed by atoms with van der Waals surface area (Å²) in [6, 6.07) is 26.4. The molecule has 5 heteroatoms. The molecule has 1 aliphatic rings. The number of carbonyl (C=O) groups is 1. The van der Waals surface area contributed by atoms with Crippen LogP contribution in [0, 0.1) is 5.92 Å². The Morgan fingerprint density at radius 1 is 1.00 bits per heavy atom. The Morgan fingerprint density at radius 2 is 1.71 bits per heavy atom. The Labute approximate surface area is 214 Å². The smallest absolute Gasteiger partial charge is 0.226 e. The van der Waals surface area contributed by atoms with E-state index >= 15 is 0 Å². The Bertz CT molecular complexity index is 1080. The minimum absolute atomic E-state index is 0.0198. The van der Waals surface area contributed by atoms with Crippen molar-refractivity contribution in [3.8, 4) is 5.75 Å². The molecule has 4 rings (SSSR count). The fourth-order valence-electron chi connectivity index (χ4n) is 4.58. The van der Waals surface area contributed by atoms with Gasteiger partial charge < -0.3 is 15.0 Å². The first kappa shape index (κ1) is 25.3. The van der Waals surface area contributed by atoms with Gasteiger partial charge in [0.1, 0.15) is 11.9 Å². The van der Waals surface area contributed by atoms with Crippen molar-refractivity contribution < 1.29 is 9.53 Å². The van der Waals surface area contributed by atoms with Gasteiger partial charge in [-0.15, -0.1) is 0 Å². The third kappa shape index (κ3) is 7.33. The molecule has 1 N–H and O–H groups in total. The van der Waals surface area contributed by atoms with E-state index < -0.39 is 0 Å². The molecule has 4 nitrogen and oxygen atoms in total. The van der Waals surface area contributed by atoms with Gasteiger partial charge in [-0.25, -0.2) is 0 Å². The Hall–Kier alpha value is -2.82. The summed E-state index contributed by atoms with van der Waals surface area (Å²) < 4.78 is 6.38. The van der Waals surface area contributed by atoms with Crippen LogP contribution in [0.5, 0.6) is 5.75 Å². The molecule has 1 aliphatic heterocycles. The summed E-state index contributed by atoms with van der Waals surface area (Å²) in [6.07, 6.45) is 3.13. The van der Waals surface area contributed by atoms with Gasteiger partial charge in [-0.3, -0.25) is 4.79 Å². The molecule has 0 spiro atoms. The van der Waals surface area contributed by atoms with Crippen LogP contribution in [0.3, 0.4) is 0 Å². The topological polar surface area (TPSA) is 41.6 Å². The molecule has 1 heterocycles. The zero-order valence-electron chi connectivity index (χ0n) is 20.6. The molecule has 0 aromatic heterocycles. The molecular formula is C30H35ClN2O2. The number of rotatable bonds is 9. The van der Waals surface area contributed by atoms with Gasteiger partial charge in [-0.05, 0) is 79.4 Å². The number of amides is 1. The van der Waals surface area contributed by atoms with Crippen molar-refractivity contribution in [2.24, 2.45) is 5.92 Å². The fraction of sp³-hybridized carbons (Fsp3) is 0.367. The van der Waals surface area contributed by atoms with Crippen LogP contribution in [-0.2, 0) is 4.79 Å². The van der Waals surface area contributed by atoms with Crippen molar-refractivity contribution in [3.05, 3.63) is 95.0 Å². The molecule has 0 bridgehead atoms. The maximum absolute atomic E-state index is 12.1. The number of nitrogens with one attached hydrogen (secondary N) is 1. The number of para-hydroxylation sites is 1. The van der Waals surface area contributed by atoms with Crippen LogP contribution in [0.4, 0.5) is 5.69 Å². The summed E-state index contributed by atoms with van der Waals surface area (Å²) >= 11 is 6.12. The van der Waals surface area contributed by atoms with Crippen molar-refractivity contribution in [1.82, 2.24) is 4.90 Å². The highest BCUT2D eigenvalue weighted by atomic mass is 35.5. The molecular weight excluding hydrogens is 456 g/mol. The second kappa shape index (κ2) is 12.2. The summed E-state index contributed by atoms with van der Waals surface area (Å²) in [5, 5.41) is 3.77. The number of piperidine rings is 1. The second-order valence-corrected chi connectivity index (χ2v) is 10.1. The Kier molecular flexibility index (Phi) is 8.84. The minimum atomic E-state index is -0.0236. The van der Waals surface area contributed by atoms with Gasteiger partial charge in [0.05, 0.1) is 0 Å². The summed E-state index contributed by atoms with van der Waals surface area (Å²) in [6.45, 7) is 6.93. The van der Waals surface area contributed by atoms with Crippen LogP contribution >= 0.6 is 11.6 Å². The van der Waals surface area contributed by atoms with E-state index in [1.165, 1.54) is 5.56 Å². The van der Waals surface area contributed by atoms with Crippen molar-refractivity contribution in [2.45, 2.75) is 45.1 Å². The fourth-order valence-corrected chi connectivity index (χ4v) is 4.71. The molecule has 3 aromatic carbocycles. The average Bonchev–Trinajstić information content (AvgIpc) is 2.88. The molecule has 1 fully saturated rings. The van der Waals surface area contributed by atoms with Crippen molar-refractivity contribution in [3.63, 3.8) is 0 Å².